The van der Waals surface area contributed by atoms with Gasteiger partial charge in [-0.05, 0) is 12.1 Å². The third-order valence-electron chi connectivity index (χ3n) is 3.18. The summed E-state index contributed by atoms with van der Waals surface area (Å²) in [6.07, 6.45) is 4.97. The molecule has 144 valence electrons. The lowest BCUT2D eigenvalue weighted by molar-refractivity contribution is -0.105. The number of rotatable bonds is 5. The molecule has 0 atom stereocenters. The second kappa shape index (κ2) is 9.92. The second-order valence-corrected chi connectivity index (χ2v) is 5.03. The summed E-state index contributed by atoms with van der Waals surface area (Å²) in [5.41, 5.74) is 2.06. The Hall–Kier alpha value is -3.23. The van der Waals surface area contributed by atoms with Gasteiger partial charge in [-0.25, -0.2) is 15.0 Å². The second-order valence-electron chi connectivity index (χ2n) is 5.03. The van der Waals surface area contributed by atoms with Crippen molar-refractivity contribution in [2.75, 3.05) is 19.5 Å². The number of hydrogen-bond acceptors (Lipinski definition) is 6. The van der Waals surface area contributed by atoms with Gasteiger partial charge in [0.2, 0.25) is 18.2 Å². The van der Waals surface area contributed by atoms with Crippen molar-refractivity contribution in [2.45, 2.75) is 20.3 Å². The topological polar surface area (TPSA) is 102 Å². The number of pyridine rings is 1. The first-order valence-electron chi connectivity index (χ1n) is 7.81. The molecule has 0 aromatic carbocycles. The van der Waals surface area contributed by atoms with E-state index in [1.165, 1.54) is 27.0 Å². The summed E-state index contributed by atoms with van der Waals surface area (Å²) in [6.45, 7) is 4.25. The number of halogens is 1. The minimum atomic E-state index is 0. The summed E-state index contributed by atoms with van der Waals surface area (Å²) in [5, 5.41) is 3.34. The van der Waals surface area contributed by atoms with Crippen LogP contribution in [0.2, 0.25) is 0 Å². The third-order valence-corrected chi connectivity index (χ3v) is 3.18. The van der Waals surface area contributed by atoms with Crippen molar-refractivity contribution in [3.05, 3.63) is 24.7 Å². The van der Waals surface area contributed by atoms with Crippen molar-refractivity contribution in [3.8, 4) is 22.9 Å². The number of aromatic amines is 1. The van der Waals surface area contributed by atoms with Gasteiger partial charge >= 0.3 is 0 Å². The summed E-state index contributed by atoms with van der Waals surface area (Å²) in [5.74, 6) is 1.27. The Morgan fingerprint density at radius 2 is 1.81 bits per heavy atom. The van der Waals surface area contributed by atoms with Gasteiger partial charge in [0.1, 0.15) is 23.4 Å². The fraction of sp³-hybridized carbons (Fsp3) is 0.294. The molecular formula is C17H26FN5O3. The maximum atomic E-state index is 10.5. The van der Waals surface area contributed by atoms with E-state index in [0.717, 1.165) is 10.9 Å². The fourth-order valence-electron chi connectivity index (χ4n) is 2.25. The van der Waals surface area contributed by atoms with Crippen LogP contribution in [0.15, 0.2) is 24.7 Å². The molecule has 3 rings (SSSR count). The number of fused-ring (bicyclic) bond motifs is 1. The molecule has 26 heavy (non-hydrogen) atoms. The smallest absolute Gasteiger partial charge is 0.228 e. The molecule has 0 saturated carbocycles. The summed E-state index contributed by atoms with van der Waals surface area (Å²) in [4.78, 5) is 26.1. The van der Waals surface area contributed by atoms with Gasteiger partial charge in [-0.3, -0.25) is 9.50 Å². The van der Waals surface area contributed by atoms with E-state index in [2.05, 4.69) is 39.1 Å². The number of amides is 1. The maximum Gasteiger partial charge on any atom is 0.228 e. The zero-order valence-corrected chi connectivity index (χ0v) is 15.1. The van der Waals surface area contributed by atoms with Crippen molar-refractivity contribution >= 4 is 23.3 Å². The number of ether oxygens (including phenoxy) is 2. The molecular weight excluding hydrogens is 341 g/mol. The van der Waals surface area contributed by atoms with E-state index >= 15 is 0 Å². The van der Waals surface area contributed by atoms with Gasteiger partial charge in [0.05, 0.1) is 14.2 Å². The minimum Gasteiger partial charge on any atom is -0.480 e. The predicted octanol–water partition coefficient (Wildman–Crippen LogP) is 3.67. The molecule has 0 fully saturated rings. The molecule has 3 heterocycles. The Morgan fingerprint density at radius 3 is 2.35 bits per heavy atom. The molecule has 0 aliphatic carbocycles. The lowest BCUT2D eigenvalue weighted by Gasteiger charge is -2.10. The maximum absolute atomic E-state index is 10.5. The van der Waals surface area contributed by atoms with Crippen LogP contribution in [-0.2, 0) is 4.79 Å². The van der Waals surface area contributed by atoms with E-state index in [1.54, 1.807) is 12.3 Å². The molecule has 9 heteroatoms. The number of nitrogens with zero attached hydrogens (tertiary/aromatic N) is 3. The van der Waals surface area contributed by atoms with Crippen LogP contribution in [0, 0.1) is 0 Å². The molecule has 0 unspecified atom stereocenters. The Labute approximate surface area is 153 Å². The average Bonchev–Trinajstić information content (AvgIpc) is 3.04. The zero-order chi connectivity index (χ0) is 18.2. The van der Waals surface area contributed by atoms with Crippen molar-refractivity contribution in [1.29, 1.82) is 0 Å². The highest BCUT2D eigenvalue weighted by molar-refractivity contribution is 5.97. The average molecular weight is 367 g/mol. The zero-order valence-electron chi connectivity index (χ0n) is 15.1. The van der Waals surface area contributed by atoms with E-state index in [4.69, 9.17) is 9.47 Å². The number of hydrogen-bond donors (Lipinski definition) is 2. The summed E-state index contributed by atoms with van der Waals surface area (Å²) in [7, 11) is 3.06. The van der Waals surface area contributed by atoms with Gasteiger partial charge in [0, 0.05) is 20.0 Å². The number of nitrogens with one attached hydrogen (secondary N) is 2. The number of H-pyrrole nitrogens is 1. The summed E-state index contributed by atoms with van der Waals surface area (Å²) in [6, 6.07) is 3.54. The molecule has 0 aliphatic rings. The van der Waals surface area contributed by atoms with Crippen LogP contribution in [0.1, 0.15) is 23.1 Å². The molecule has 0 saturated heterocycles. The Kier molecular flexibility index (Phi) is 7.94. The molecule has 3 aromatic heterocycles. The van der Waals surface area contributed by atoms with Gasteiger partial charge in [-0.1, -0.05) is 20.3 Å². The van der Waals surface area contributed by atoms with Crippen LogP contribution in [-0.4, -0.2) is 40.6 Å². The molecule has 8 nitrogen and oxygen atoms in total. The van der Waals surface area contributed by atoms with Gasteiger partial charge in [0.15, 0.2) is 0 Å². The molecule has 0 aliphatic heterocycles. The first-order chi connectivity index (χ1) is 12.2. The van der Waals surface area contributed by atoms with Gasteiger partial charge in [0.25, 0.3) is 0 Å². The van der Waals surface area contributed by atoms with Crippen LogP contribution < -0.4 is 14.8 Å². The first kappa shape index (κ1) is 20.8. The van der Waals surface area contributed by atoms with Gasteiger partial charge in [-0.15, -0.1) is 0 Å². The van der Waals surface area contributed by atoms with Gasteiger partial charge in [-0.2, -0.15) is 0 Å². The van der Waals surface area contributed by atoms with E-state index in [0.29, 0.717) is 35.2 Å². The van der Waals surface area contributed by atoms with Crippen molar-refractivity contribution in [3.63, 3.8) is 0 Å². The van der Waals surface area contributed by atoms with Crippen LogP contribution >= 0.6 is 0 Å². The Balaban J connectivity index is 0. The Morgan fingerprint density at radius 1 is 1.19 bits per heavy atom. The quantitative estimate of drug-likeness (QED) is 0.667. The highest BCUT2D eigenvalue weighted by Gasteiger charge is 2.19. The SMILES string of the molecule is CCC.COc1ncnc(OC)c1-c1c[nH]c2nc(NC=O)ccc12.F.[HH].[HH]. The Bertz CT molecular complexity index is 842. The molecule has 0 bridgehead atoms. The van der Waals surface area contributed by atoms with Crippen LogP contribution in [0.5, 0.6) is 11.8 Å². The van der Waals surface area contributed by atoms with Crippen LogP contribution in [0.3, 0.4) is 0 Å². The van der Waals surface area contributed by atoms with E-state index < -0.39 is 0 Å². The molecule has 1 amide bonds. The molecule has 2 N–H and O–H groups in total. The molecule has 0 spiro atoms. The third kappa shape index (κ3) is 4.24. The highest BCUT2D eigenvalue weighted by atomic mass is 19.0. The number of methoxy groups -OCH3 is 2. The van der Waals surface area contributed by atoms with E-state index in [9.17, 15) is 4.79 Å². The van der Waals surface area contributed by atoms with E-state index in [-0.39, 0.29) is 7.56 Å². The van der Waals surface area contributed by atoms with E-state index in [1.807, 2.05) is 6.07 Å². The van der Waals surface area contributed by atoms with Crippen molar-refractivity contribution < 1.29 is 21.8 Å². The lowest BCUT2D eigenvalue weighted by atomic mass is 10.1. The summed E-state index contributed by atoms with van der Waals surface area (Å²) >= 11 is 0. The number of carbonyl (C=O) groups excluding carboxylic acids is 1. The number of carbonyl (C=O) groups is 1. The van der Waals surface area contributed by atoms with Crippen LogP contribution in [0.25, 0.3) is 22.2 Å². The van der Waals surface area contributed by atoms with Crippen molar-refractivity contribution in [1.82, 2.24) is 19.9 Å². The first-order valence-corrected chi connectivity index (χ1v) is 7.81. The monoisotopic (exact) mass is 367 g/mol. The molecule has 0 radical (unpaired) electrons. The fourth-order valence-corrected chi connectivity index (χ4v) is 2.25. The highest BCUT2D eigenvalue weighted by Crippen LogP contribution is 2.38. The largest absolute Gasteiger partial charge is 0.480 e. The lowest BCUT2D eigenvalue weighted by Crippen LogP contribution is -1.98. The molecule has 3 aromatic rings. The number of aromatic nitrogens is 4. The van der Waals surface area contributed by atoms with Crippen molar-refractivity contribution in [2.24, 2.45) is 0 Å². The normalized spacial score (nSPS) is 9.54. The van der Waals surface area contributed by atoms with Crippen LogP contribution in [0.4, 0.5) is 10.5 Å². The number of anilines is 1. The standard InChI is InChI=1S/C14H13N5O3.C3H8.FH.2H2/c1-21-13-11(14(22-2)17-6-16-13)9-5-15-12-8(9)3-4-10(19-12)18-7-20;1-3-2;;;/h3-7H,1-2H3,(H2,15,18,19,20);3H2,1-2H3;3*1H. The van der Waals surface area contributed by atoms with Gasteiger partial charge < -0.3 is 19.8 Å². The predicted molar refractivity (Wildman–Crippen MR) is 103 cm³/mol. The summed E-state index contributed by atoms with van der Waals surface area (Å²) < 4.78 is 10.6. The minimum absolute atomic E-state index is 0.